The Morgan fingerprint density at radius 3 is 2.41 bits per heavy atom. The summed E-state index contributed by atoms with van der Waals surface area (Å²) in [5.74, 6) is 0. The molecule has 22 heavy (non-hydrogen) atoms. The number of hydrogen-bond donors (Lipinski definition) is 1. The summed E-state index contributed by atoms with van der Waals surface area (Å²) >= 11 is 0. The van der Waals surface area contributed by atoms with Crippen molar-refractivity contribution in [3.63, 3.8) is 0 Å². The standard InChI is InChI=1S/C16H32N2O4/c1-15(2,3)18(14(19)22-16(4,5)6)8-7-17-11-13-12-20-9-10-21-13/h13,17H,7-12H2,1-6H3. The zero-order chi connectivity index (χ0) is 16.8. The van der Waals surface area contributed by atoms with Gasteiger partial charge in [0.1, 0.15) is 5.60 Å². The van der Waals surface area contributed by atoms with Crippen LogP contribution < -0.4 is 5.32 Å². The van der Waals surface area contributed by atoms with E-state index < -0.39 is 5.60 Å². The topological polar surface area (TPSA) is 60.0 Å². The van der Waals surface area contributed by atoms with Gasteiger partial charge in [-0.1, -0.05) is 0 Å². The highest BCUT2D eigenvalue weighted by molar-refractivity contribution is 5.69. The lowest BCUT2D eigenvalue weighted by molar-refractivity contribution is -0.0864. The number of carbonyl (C=O) groups excluding carboxylic acids is 1. The van der Waals surface area contributed by atoms with Crippen LogP contribution in [0.5, 0.6) is 0 Å². The van der Waals surface area contributed by atoms with E-state index in [0.717, 1.165) is 6.54 Å². The van der Waals surface area contributed by atoms with Crippen molar-refractivity contribution in [1.82, 2.24) is 10.2 Å². The van der Waals surface area contributed by atoms with E-state index in [2.05, 4.69) is 5.32 Å². The summed E-state index contributed by atoms with van der Waals surface area (Å²) in [6, 6.07) is 0. The minimum Gasteiger partial charge on any atom is -0.444 e. The highest BCUT2D eigenvalue weighted by Gasteiger charge is 2.30. The maximum atomic E-state index is 12.3. The van der Waals surface area contributed by atoms with Gasteiger partial charge in [-0.25, -0.2) is 4.79 Å². The van der Waals surface area contributed by atoms with Crippen LogP contribution >= 0.6 is 0 Å². The van der Waals surface area contributed by atoms with E-state index in [1.54, 1.807) is 4.90 Å². The summed E-state index contributed by atoms with van der Waals surface area (Å²) < 4.78 is 16.4. The van der Waals surface area contributed by atoms with E-state index in [1.165, 1.54) is 0 Å². The minimum atomic E-state index is -0.485. The highest BCUT2D eigenvalue weighted by atomic mass is 16.6. The van der Waals surface area contributed by atoms with Crippen molar-refractivity contribution in [2.45, 2.75) is 58.8 Å². The van der Waals surface area contributed by atoms with E-state index in [0.29, 0.717) is 32.9 Å². The summed E-state index contributed by atoms with van der Waals surface area (Å²) in [5, 5.41) is 3.32. The summed E-state index contributed by atoms with van der Waals surface area (Å²) in [4.78, 5) is 14.1. The molecule has 6 nitrogen and oxygen atoms in total. The van der Waals surface area contributed by atoms with Crippen molar-refractivity contribution in [1.29, 1.82) is 0 Å². The molecule has 0 bridgehead atoms. The fourth-order valence-corrected chi connectivity index (χ4v) is 2.13. The van der Waals surface area contributed by atoms with E-state index in [-0.39, 0.29) is 17.7 Å². The van der Waals surface area contributed by atoms with Gasteiger partial charge in [-0.15, -0.1) is 0 Å². The molecule has 1 aliphatic rings. The first kappa shape index (κ1) is 19.2. The molecule has 0 aromatic carbocycles. The van der Waals surface area contributed by atoms with Gasteiger partial charge >= 0.3 is 6.09 Å². The number of carbonyl (C=O) groups is 1. The summed E-state index contributed by atoms with van der Waals surface area (Å²) in [6.45, 7) is 15.6. The molecule has 6 heteroatoms. The third-order valence-electron chi connectivity index (χ3n) is 3.19. The van der Waals surface area contributed by atoms with E-state index in [4.69, 9.17) is 14.2 Å². The second-order valence-electron chi connectivity index (χ2n) is 7.57. The summed E-state index contributed by atoms with van der Waals surface area (Å²) in [6.07, 6.45) is -0.183. The molecular weight excluding hydrogens is 284 g/mol. The number of rotatable bonds is 5. The monoisotopic (exact) mass is 316 g/mol. The molecule has 1 N–H and O–H groups in total. The number of nitrogens with one attached hydrogen (secondary N) is 1. The number of nitrogens with zero attached hydrogens (tertiary/aromatic N) is 1. The molecular formula is C16H32N2O4. The van der Waals surface area contributed by atoms with Crippen LogP contribution in [0.15, 0.2) is 0 Å². The molecule has 1 amide bonds. The number of ether oxygens (including phenoxy) is 3. The zero-order valence-corrected chi connectivity index (χ0v) is 14.9. The Kier molecular flexibility index (Phi) is 7.09. The second-order valence-corrected chi connectivity index (χ2v) is 7.57. The van der Waals surface area contributed by atoms with Crippen LogP contribution in [-0.2, 0) is 14.2 Å². The van der Waals surface area contributed by atoms with Gasteiger partial charge in [-0.05, 0) is 41.5 Å². The first-order valence-electron chi connectivity index (χ1n) is 8.00. The molecule has 1 aliphatic heterocycles. The Morgan fingerprint density at radius 1 is 1.23 bits per heavy atom. The Balaban J connectivity index is 2.40. The Labute approximate surface area is 134 Å². The van der Waals surface area contributed by atoms with E-state index in [1.807, 2.05) is 41.5 Å². The maximum absolute atomic E-state index is 12.3. The van der Waals surface area contributed by atoms with Crippen LogP contribution in [0.2, 0.25) is 0 Å². The van der Waals surface area contributed by atoms with Gasteiger partial charge in [0.25, 0.3) is 0 Å². The van der Waals surface area contributed by atoms with Crippen molar-refractivity contribution in [2.24, 2.45) is 0 Å². The third-order valence-corrected chi connectivity index (χ3v) is 3.19. The lowest BCUT2D eigenvalue weighted by atomic mass is 10.1. The SMILES string of the molecule is CC(C)(C)OC(=O)N(CCNCC1COCCO1)C(C)(C)C. The second kappa shape index (κ2) is 8.13. The molecule has 1 rings (SSSR count). The van der Waals surface area contributed by atoms with E-state index in [9.17, 15) is 4.79 Å². The fraction of sp³-hybridized carbons (Fsp3) is 0.938. The molecule has 0 aromatic rings. The van der Waals surface area contributed by atoms with Crippen molar-refractivity contribution < 1.29 is 19.0 Å². The highest BCUT2D eigenvalue weighted by Crippen LogP contribution is 2.17. The van der Waals surface area contributed by atoms with Crippen LogP contribution in [-0.4, -0.2) is 67.7 Å². The van der Waals surface area contributed by atoms with Gasteiger partial charge in [0, 0.05) is 25.2 Å². The predicted octanol–water partition coefficient (Wildman–Crippen LogP) is 2.03. The fourth-order valence-electron chi connectivity index (χ4n) is 2.13. The summed E-state index contributed by atoms with van der Waals surface area (Å²) in [7, 11) is 0. The molecule has 0 spiro atoms. The quantitative estimate of drug-likeness (QED) is 0.787. The molecule has 130 valence electrons. The summed E-state index contributed by atoms with van der Waals surface area (Å²) in [5.41, 5.74) is -0.768. The molecule has 0 aliphatic carbocycles. The lowest BCUT2D eigenvalue weighted by Gasteiger charge is -2.37. The molecule has 1 fully saturated rings. The van der Waals surface area contributed by atoms with Crippen LogP contribution in [0.4, 0.5) is 4.79 Å². The Bertz CT molecular complexity index is 341. The minimum absolute atomic E-state index is 0.0957. The normalized spacial score (nSPS) is 19.8. The zero-order valence-electron chi connectivity index (χ0n) is 14.9. The van der Waals surface area contributed by atoms with Gasteiger partial charge in [-0.3, -0.25) is 0 Å². The first-order chi connectivity index (χ1) is 10.1. The molecule has 0 saturated carbocycles. The molecule has 1 saturated heterocycles. The van der Waals surface area contributed by atoms with Gasteiger partial charge in [0.15, 0.2) is 0 Å². The molecule has 1 heterocycles. The van der Waals surface area contributed by atoms with Crippen LogP contribution in [0.1, 0.15) is 41.5 Å². The van der Waals surface area contributed by atoms with Crippen molar-refractivity contribution in [3.05, 3.63) is 0 Å². The van der Waals surface area contributed by atoms with E-state index >= 15 is 0 Å². The first-order valence-corrected chi connectivity index (χ1v) is 8.00. The molecule has 0 radical (unpaired) electrons. The Hall–Kier alpha value is -0.850. The average Bonchev–Trinajstić information content (AvgIpc) is 2.36. The van der Waals surface area contributed by atoms with Crippen LogP contribution in [0, 0.1) is 0 Å². The Morgan fingerprint density at radius 2 is 1.91 bits per heavy atom. The van der Waals surface area contributed by atoms with Gasteiger partial charge in [0.2, 0.25) is 0 Å². The van der Waals surface area contributed by atoms with Gasteiger partial charge < -0.3 is 24.4 Å². The van der Waals surface area contributed by atoms with Gasteiger partial charge in [-0.2, -0.15) is 0 Å². The largest absolute Gasteiger partial charge is 0.444 e. The van der Waals surface area contributed by atoms with Crippen molar-refractivity contribution in [2.75, 3.05) is 39.5 Å². The predicted molar refractivity (Wildman–Crippen MR) is 86.1 cm³/mol. The number of hydrogen-bond acceptors (Lipinski definition) is 5. The molecule has 1 unspecified atom stereocenters. The third kappa shape index (κ3) is 7.42. The average molecular weight is 316 g/mol. The molecule has 1 atom stereocenters. The van der Waals surface area contributed by atoms with Crippen molar-refractivity contribution >= 4 is 6.09 Å². The van der Waals surface area contributed by atoms with Crippen molar-refractivity contribution in [3.8, 4) is 0 Å². The van der Waals surface area contributed by atoms with Crippen LogP contribution in [0.3, 0.4) is 0 Å². The molecule has 0 aromatic heterocycles. The lowest BCUT2D eigenvalue weighted by Crippen LogP contribution is -2.50. The smallest absolute Gasteiger partial charge is 0.410 e. The maximum Gasteiger partial charge on any atom is 0.410 e. The van der Waals surface area contributed by atoms with Crippen LogP contribution in [0.25, 0.3) is 0 Å². The van der Waals surface area contributed by atoms with Gasteiger partial charge in [0.05, 0.1) is 25.9 Å². The number of amides is 1.